The van der Waals surface area contributed by atoms with Crippen molar-refractivity contribution in [3.05, 3.63) is 70.2 Å². The lowest BCUT2D eigenvalue weighted by molar-refractivity contribution is -0.120. The Balaban J connectivity index is 1.92. The van der Waals surface area contributed by atoms with Crippen LogP contribution in [0.2, 0.25) is 5.02 Å². The number of carbonyl (C=O) groups excluding carboxylic acids is 1. The van der Waals surface area contributed by atoms with E-state index in [0.717, 1.165) is 27.5 Å². The molecule has 0 radical (unpaired) electrons. The molecule has 4 rings (SSSR count). The van der Waals surface area contributed by atoms with E-state index in [0.29, 0.717) is 22.2 Å². The summed E-state index contributed by atoms with van der Waals surface area (Å²) in [4.78, 5) is 12.1. The summed E-state index contributed by atoms with van der Waals surface area (Å²) in [5.41, 5.74) is 5.81. The zero-order valence-electron chi connectivity index (χ0n) is 14.9. The number of hydrazone groups is 1. The lowest BCUT2D eigenvalue weighted by Crippen LogP contribution is -2.18. The number of carbonyl (C=O) groups is 1. The Morgan fingerprint density at radius 2 is 1.81 bits per heavy atom. The molecule has 0 saturated heterocycles. The van der Waals surface area contributed by atoms with Gasteiger partial charge in [-0.2, -0.15) is 5.10 Å². The summed E-state index contributed by atoms with van der Waals surface area (Å²) in [6.45, 7) is 0. The molecule has 0 aliphatic carbocycles. The maximum absolute atomic E-state index is 12.1. The van der Waals surface area contributed by atoms with Crippen LogP contribution < -0.4 is 14.9 Å². The van der Waals surface area contributed by atoms with Crippen LogP contribution in [0, 0.1) is 0 Å². The molecule has 1 aliphatic heterocycles. The number of halogens is 1. The number of rotatable bonds is 3. The van der Waals surface area contributed by atoms with E-state index < -0.39 is 0 Å². The molecule has 1 N–H and O–H groups in total. The van der Waals surface area contributed by atoms with Crippen LogP contribution in [0.4, 0.5) is 0 Å². The number of amides is 1. The van der Waals surface area contributed by atoms with Gasteiger partial charge in [0.2, 0.25) is 5.91 Å². The Labute approximate surface area is 161 Å². The van der Waals surface area contributed by atoms with Crippen molar-refractivity contribution >= 4 is 34.0 Å². The highest BCUT2D eigenvalue weighted by atomic mass is 35.5. The molecule has 0 saturated carbocycles. The van der Waals surface area contributed by atoms with Gasteiger partial charge in [0, 0.05) is 21.5 Å². The van der Waals surface area contributed by atoms with Crippen LogP contribution in [-0.4, -0.2) is 25.8 Å². The number of fused-ring (bicyclic) bond motifs is 2. The molecular weight excluding hydrogens is 364 g/mol. The van der Waals surface area contributed by atoms with E-state index in [2.05, 4.69) is 10.5 Å². The molecule has 3 aromatic rings. The van der Waals surface area contributed by atoms with Gasteiger partial charge >= 0.3 is 0 Å². The van der Waals surface area contributed by atoms with Crippen molar-refractivity contribution < 1.29 is 14.3 Å². The number of benzene rings is 3. The second kappa shape index (κ2) is 6.93. The minimum atomic E-state index is -0.178. The highest BCUT2D eigenvalue weighted by molar-refractivity contribution is 6.35. The van der Waals surface area contributed by atoms with Gasteiger partial charge in [-0.15, -0.1) is 0 Å². The quantitative estimate of drug-likeness (QED) is 0.748. The van der Waals surface area contributed by atoms with Gasteiger partial charge in [-0.25, -0.2) is 5.43 Å². The second-order valence-corrected chi connectivity index (χ2v) is 6.62. The molecule has 1 heterocycles. The van der Waals surface area contributed by atoms with Gasteiger partial charge in [-0.05, 0) is 35.2 Å². The van der Waals surface area contributed by atoms with E-state index in [1.165, 1.54) is 0 Å². The maximum Gasteiger partial charge on any atom is 0.244 e. The number of nitrogens with zero attached hydrogens (tertiary/aromatic N) is 1. The first-order chi connectivity index (χ1) is 13.1. The maximum atomic E-state index is 12.1. The fourth-order valence-electron chi connectivity index (χ4n) is 3.29. The first-order valence-electron chi connectivity index (χ1n) is 8.41. The summed E-state index contributed by atoms with van der Waals surface area (Å²) in [5.74, 6) is 0.986. The lowest BCUT2D eigenvalue weighted by atomic mass is 9.94. The summed E-state index contributed by atoms with van der Waals surface area (Å²) < 4.78 is 10.8. The van der Waals surface area contributed by atoms with E-state index in [1.807, 2.05) is 48.5 Å². The van der Waals surface area contributed by atoms with Crippen LogP contribution in [0.1, 0.15) is 16.7 Å². The predicted molar refractivity (Wildman–Crippen MR) is 106 cm³/mol. The molecule has 5 nitrogen and oxygen atoms in total. The smallest absolute Gasteiger partial charge is 0.244 e. The molecule has 6 heteroatoms. The third kappa shape index (κ3) is 3.11. The topological polar surface area (TPSA) is 59.9 Å². The van der Waals surface area contributed by atoms with Crippen molar-refractivity contribution in [2.75, 3.05) is 14.2 Å². The van der Waals surface area contributed by atoms with Crippen molar-refractivity contribution in [3.63, 3.8) is 0 Å². The SMILES string of the molecule is COc1cc2c(cc1OC)C(c1ccc3c(Cl)cccc3c1)=NNC(=O)C2. The molecule has 0 aromatic heterocycles. The number of nitrogens with one attached hydrogen (secondary N) is 1. The Hall–Kier alpha value is -3.05. The average molecular weight is 381 g/mol. The average Bonchev–Trinajstić information content (AvgIpc) is 2.84. The summed E-state index contributed by atoms with van der Waals surface area (Å²) in [7, 11) is 3.16. The Morgan fingerprint density at radius 1 is 1.04 bits per heavy atom. The molecule has 0 spiro atoms. The monoisotopic (exact) mass is 380 g/mol. The van der Waals surface area contributed by atoms with Gasteiger partial charge in [0.25, 0.3) is 0 Å². The molecule has 0 atom stereocenters. The van der Waals surface area contributed by atoms with Crippen LogP contribution in [0.3, 0.4) is 0 Å². The number of hydrogen-bond acceptors (Lipinski definition) is 4. The van der Waals surface area contributed by atoms with E-state index >= 15 is 0 Å². The summed E-state index contributed by atoms with van der Waals surface area (Å²) >= 11 is 6.28. The molecule has 1 amide bonds. The van der Waals surface area contributed by atoms with Crippen LogP contribution in [0.5, 0.6) is 11.5 Å². The van der Waals surface area contributed by atoms with E-state index in [4.69, 9.17) is 21.1 Å². The van der Waals surface area contributed by atoms with Crippen molar-refractivity contribution in [3.8, 4) is 11.5 Å². The van der Waals surface area contributed by atoms with Gasteiger partial charge in [0.1, 0.15) is 0 Å². The standard InChI is InChI=1S/C21H17ClN2O3/c1-26-18-9-14-10-20(25)23-24-21(16(14)11-19(18)27-2)13-6-7-15-12(8-13)4-3-5-17(15)22/h3-9,11H,10H2,1-2H3,(H,23,25). The van der Waals surface area contributed by atoms with Crippen LogP contribution >= 0.6 is 11.6 Å². The first kappa shape index (κ1) is 17.4. The molecule has 0 bridgehead atoms. The van der Waals surface area contributed by atoms with Crippen molar-refractivity contribution in [1.82, 2.24) is 5.43 Å². The van der Waals surface area contributed by atoms with Gasteiger partial charge < -0.3 is 9.47 Å². The lowest BCUT2D eigenvalue weighted by Gasteiger charge is -2.14. The summed E-state index contributed by atoms with van der Waals surface area (Å²) in [5, 5.41) is 7.03. The number of ether oxygens (including phenoxy) is 2. The zero-order chi connectivity index (χ0) is 19.0. The molecular formula is C21H17ClN2O3. The fraction of sp³-hybridized carbons (Fsp3) is 0.143. The zero-order valence-corrected chi connectivity index (χ0v) is 15.6. The van der Waals surface area contributed by atoms with Gasteiger partial charge in [0.05, 0.1) is 26.4 Å². The molecule has 0 unspecified atom stereocenters. The third-order valence-electron chi connectivity index (χ3n) is 4.61. The largest absolute Gasteiger partial charge is 0.493 e. The predicted octanol–water partition coefficient (Wildman–Crippen LogP) is 3.94. The Bertz CT molecular complexity index is 1090. The highest BCUT2D eigenvalue weighted by Gasteiger charge is 2.22. The minimum absolute atomic E-state index is 0.178. The van der Waals surface area contributed by atoms with Crippen LogP contribution in [-0.2, 0) is 11.2 Å². The van der Waals surface area contributed by atoms with Crippen molar-refractivity contribution in [1.29, 1.82) is 0 Å². The molecule has 1 aliphatic rings. The van der Waals surface area contributed by atoms with Crippen molar-refractivity contribution in [2.45, 2.75) is 6.42 Å². The minimum Gasteiger partial charge on any atom is -0.493 e. The third-order valence-corrected chi connectivity index (χ3v) is 4.94. The molecule has 136 valence electrons. The van der Waals surface area contributed by atoms with Crippen LogP contribution in [0.25, 0.3) is 10.8 Å². The fourth-order valence-corrected chi connectivity index (χ4v) is 3.54. The number of methoxy groups -OCH3 is 2. The van der Waals surface area contributed by atoms with Gasteiger partial charge in [-0.3, -0.25) is 4.79 Å². The Kier molecular flexibility index (Phi) is 4.46. The Morgan fingerprint density at radius 3 is 2.59 bits per heavy atom. The van der Waals surface area contributed by atoms with Gasteiger partial charge in [-0.1, -0.05) is 35.9 Å². The molecule has 27 heavy (non-hydrogen) atoms. The second-order valence-electron chi connectivity index (χ2n) is 6.21. The summed E-state index contributed by atoms with van der Waals surface area (Å²) in [6.07, 6.45) is 0.210. The van der Waals surface area contributed by atoms with Crippen LogP contribution in [0.15, 0.2) is 53.6 Å². The highest BCUT2D eigenvalue weighted by Crippen LogP contribution is 2.33. The molecule has 3 aromatic carbocycles. The van der Waals surface area contributed by atoms with Gasteiger partial charge in [0.15, 0.2) is 11.5 Å². The first-order valence-corrected chi connectivity index (χ1v) is 8.79. The van der Waals surface area contributed by atoms with Crippen molar-refractivity contribution in [2.24, 2.45) is 5.10 Å². The summed E-state index contributed by atoms with van der Waals surface area (Å²) in [6, 6.07) is 15.4. The number of hydrogen-bond donors (Lipinski definition) is 1. The van der Waals surface area contributed by atoms with E-state index in [9.17, 15) is 4.79 Å². The molecule has 0 fully saturated rings. The van der Waals surface area contributed by atoms with E-state index in [-0.39, 0.29) is 12.3 Å². The van der Waals surface area contributed by atoms with E-state index in [1.54, 1.807) is 14.2 Å². The normalized spacial score (nSPS) is 13.4.